The predicted octanol–water partition coefficient (Wildman–Crippen LogP) is 0.00482. The van der Waals surface area contributed by atoms with Crippen LogP contribution >= 0.6 is 0 Å². The number of hydrogen-bond donors (Lipinski definition) is 2. The Bertz CT molecular complexity index is 447. The molecule has 1 aromatic rings. The van der Waals surface area contributed by atoms with Gasteiger partial charge in [0.1, 0.15) is 5.82 Å². The van der Waals surface area contributed by atoms with Crippen LogP contribution in [-0.4, -0.2) is 37.1 Å². The zero-order valence-corrected chi connectivity index (χ0v) is 11.5. The molecule has 17 heavy (non-hydrogen) atoms. The molecule has 0 aromatic carbocycles. The van der Waals surface area contributed by atoms with Gasteiger partial charge in [0.05, 0.1) is 0 Å². The first-order valence-electron chi connectivity index (χ1n) is 5.59. The highest BCUT2D eigenvalue weighted by Gasteiger charge is 2.18. The molecule has 0 bridgehead atoms. The standard InChI is InChI=1S/C10H20N4O2S/c1-5-11-8(2)6-12-17(15,16)10-7-14(4)9(3)13-10/h7-8,11-12H,5-6H2,1-4H3/t8-/m1/s1. The average Bonchev–Trinajstić information content (AvgIpc) is 2.58. The van der Waals surface area contributed by atoms with Crippen molar-refractivity contribution >= 4 is 10.0 Å². The van der Waals surface area contributed by atoms with E-state index in [1.54, 1.807) is 18.5 Å². The lowest BCUT2D eigenvalue weighted by molar-refractivity contribution is 0.534. The van der Waals surface area contributed by atoms with Gasteiger partial charge in [-0.15, -0.1) is 0 Å². The summed E-state index contributed by atoms with van der Waals surface area (Å²) in [6.07, 6.45) is 1.51. The van der Waals surface area contributed by atoms with Crippen molar-refractivity contribution in [1.29, 1.82) is 0 Å². The van der Waals surface area contributed by atoms with Crippen LogP contribution in [0.3, 0.4) is 0 Å². The summed E-state index contributed by atoms with van der Waals surface area (Å²) in [4.78, 5) is 4.00. The Morgan fingerprint density at radius 1 is 1.53 bits per heavy atom. The minimum atomic E-state index is -3.50. The second-order valence-corrected chi connectivity index (χ2v) is 5.76. The number of aromatic nitrogens is 2. The Kier molecular flexibility index (Phi) is 4.67. The van der Waals surface area contributed by atoms with Crippen LogP contribution in [0.5, 0.6) is 0 Å². The highest BCUT2D eigenvalue weighted by atomic mass is 32.2. The summed E-state index contributed by atoms with van der Waals surface area (Å²) in [6.45, 7) is 6.83. The third-order valence-electron chi connectivity index (χ3n) is 2.49. The van der Waals surface area contributed by atoms with Gasteiger partial charge in [-0.3, -0.25) is 0 Å². The van der Waals surface area contributed by atoms with Crippen LogP contribution in [0.4, 0.5) is 0 Å². The SMILES string of the molecule is CCN[C@H](C)CNS(=O)(=O)c1cn(C)c(C)n1. The monoisotopic (exact) mass is 260 g/mol. The number of nitrogens with one attached hydrogen (secondary N) is 2. The Morgan fingerprint density at radius 2 is 2.18 bits per heavy atom. The van der Waals surface area contributed by atoms with Crippen LogP contribution in [-0.2, 0) is 17.1 Å². The van der Waals surface area contributed by atoms with E-state index in [2.05, 4.69) is 15.0 Å². The number of sulfonamides is 1. The van der Waals surface area contributed by atoms with Crippen molar-refractivity contribution in [2.45, 2.75) is 31.8 Å². The minimum Gasteiger partial charge on any atom is -0.337 e. The lowest BCUT2D eigenvalue weighted by atomic mass is 10.3. The number of aryl methyl sites for hydroxylation is 2. The topological polar surface area (TPSA) is 76.0 Å². The van der Waals surface area contributed by atoms with Crippen molar-refractivity contribution in [2.75, 3.05) is 13.1 Å². The van der Waals surface area contributed by atoms with Crippen molar-refractivity contribution in [1.82, 2.24) is 19.6 Å². The van der Waals surface area contributed by atoms with Crippen molar-refractivity contribution in [3.63, 3.8) is 0 Å². The normalized spacial score (nSPS) is 13.9. The van der Waals surface area contributed by atoms with Gasteiger partial charge in [0, 0.05) is 25.8 Å². The van der Waals surface area contributed by atoms with Gasteiger partial charge >= 0.3 is 0 Å². The molecule has 0 aliphatic rings. The Balaban J connectivity index is 2.69. The Morgan fingerprint density at radius 3 is 2.65 bits per heavy atom. The quantitative estimate of drug-likeness (QED) is 0.755. The van der Waals surface area contributed by atoms with Gasteiger partial charge < -0.3 is 9.88 Å². The molecule has 2 N–H and O–H groups in total. The van der Waals surface area contributed by atoms with Crippen molar-refractivity contribution in [3.05, 3.63) is 12.0 Å². The van der Waals surface area contributed by atoms with Crippen LogP contribution in [0.25, 0.3) is 0 Å². The number of rotatable bonds is 6. The summed E-state index contributed by atoms with van der Waals surface area (Å²) in [6, 6.07) is 0.0968. The molecule has 0 unspecified atom stereocenters. The lowest BCUT2D eigenvalue weighted by Crippen LogP contribution is -2.38. The maximum absolute atomic E-state index is 11.9. The molecule has 0 spiro atoms. The second kappa shape index (κ2) is 5.61. The van der Waals surface area contributed by atoms with E-state index in [0.29, 0.717) is 12.4 Å². The zero-order valence-electron chi connectivity index (χ0n) is 10.7. The number of likely N-dealkylation sites (N-methyl/N-ethyl adjacent to an activating group) is 1. The van der Waals surface area contributed by atoms with E-state index in [0.717, 1.165) is 6.54 Å². The summed E-state index contributed by atoms with van der Waals surface area (Å²) in [7, 11) is -1.73. The third-order valence-corrected chi connectivity index (χ3v) is 3.79. The molecule has 1 rings (SSSR count). The molecule has 0 fully saturated rings. The van der Waals surface area contributed by atoms with Crippen LogP contribution in [0, 0.1) is 6.92 Å². The molecular weight excluding hydrogens is 240 g/mol. The smallest absolute Gasteiger partial charge is 0.259 e. The summed E-state index contributed by atoms with van der Waals surface area (Å²) in [5.41, 5.74) is 0. The first kappa shape index (κ1) is 14.1. The van der Waals surface area contributed by atoms with Gasteiger partial charge in [0.25, 0.3) is 10.0 Å². The van der Waals surface area contributed by atoms with E-state index in [1.807, 2.05) is 13.8 Å². The average molecular weight is 260 g/mol. The molecule has 0 amide bonds. The molecular formula is C10H20N4O2S. The lowest BCUT2D eigenvalue weighted by Gasteiger charge is -2.12. The molecule has 6 nitrogen and oxygen atoms in total. The fraction of sp³-hybridized carbons (Fsp3) is 0.700. The predicted molar refractivity (Wildman–Crippen MR) is 66.3 cm³/mol. The van der Waals surface area contributed by atoms with Gasteiger partial charge in [-0.25, -0.2) is 18.1 Å². The van der Waals surface area contributed by atoms with Gasteiger partial charge in [-0.2, -0.15) is 0 Å². The largest absolute Gasteiger partial charge is 0.337 e. The molecule has 0 saturated carbocycles. The molecule has 1 heterocycles. The van der Waals surface area contributed by atoms with Gasteiger partial charge in [-0.05, 0) is 20.4 Å². The molecule has 0 radical (unpaired) electrons. The van der Waals surface area contributed by atoms with E-state index in [9.17, 15) is 8.42 Å². The second-order valence-electron chi connectivity index (χ2n) is 4.05. The summed E-state index contributed by atoms with van der Waals surface area (Å²) in [5, 5.41) is 3.20. The number of nitrogens with zero attached hydrogens (tertiary/aromatic N) is 2. The van der Waals surface area contributed by atoms with Crippen molar-refractivity contribution in [3.8, 4) is 0 Å². The van der Waals surface area contributed by atoms with Crippen LogP contribution in [0.15, 0.2) is 11.2 Å². The molecule has 7 heteroatoms. The minimum absolute atomic E-state index is 0.0706. The molecule has 98 valence electrons. The maximum atomic E-state index is 11.9. The molecule has 0 aliphatic heterocycles. The fourth-order valence-electron chi connectivity index (χ4n) is 1.39. The maximum Gasteiger partial charge on any atom is 0.259 e. The van der Waals surface area contributed by atoms with Crippen LogP contribution in [0.2, 0.25) is 0 Å². The van der Waals surface area contributed by atoms with Crippen LogP contribution in [0.1, 0.15) is 19.7 Å². The van der Waals surface area contributed by atoms with E-state index < -0.39 is 10.0 Å². The molecule has 1 atom stereocenters. The highest BCUT2D eigenvalue weighted by molar-refractivity contribution is 7.89. The summed E-state index contributed by atoms with van der Waals surface area (Å²) in [5.74, 6) is 0.671. The van der Waals surface area contributed by atoms with Gasteiger partial charge in [0.2, 0.25) is 0 Å². The van der Waals surface area contributed by atoms with Crippen molar-refractivity contribution < 1.29 is 8.42 Å². The van der Waals surface area contributed by atoms with E-state index in [1.165, 1.54) is 6.20 Å². The fourth-order valence-corrected chi connectivity index (χ4v) is 2.55. The Hall–Kier alpha value is -0.920. The van der Waals surface area contributed by atoms with E-state index in [-0.39, 0.29) is 11.1 Å². The first-order chi connectivity index (χ1) is 7.86. The Labute approximate surface area is 102 Å². The van der Waals surface area contributed by atoms with Crippen molar-refractivity contribution in [2.24, 2.45) is 7.05 Å². The first-order valence-corrected chi connectivity index (χ1v) is 7.08. The zero-order chi connectivity index (χ0) is 13.1. The number of imidazole rings is 1. The summed E-state index contributed by atoms with van der Waals surface area (Å²) < 4.78 is 28.0. The summed E-state index contributed by atoms with van der Waals surface area (Å²) >= 11 is 0. The van der Waals surface area contributed by atoms with Gasteiger partial charge in [-0.1, -0.05) is 6.92 Å². The molecule has 0 saturated heterocycles. The van der Waals surface area contributed by atoms with Crippen LogP contribution < -0.4 is 10.0 Å². The van der Waals surface area contributed by atoms with E-state index >= 15 is 0 Å². The van der Waals surface area contributed by atoms with Gasteiger partial charge in [0.15, 0.2) is 5.03 Å². The number of hydrogen-bond acceptors (Lipinski definition) is 4. The third kappa shape index (κ3) is 3.79. The van der Waals surface area contributed by atoms with E-state index in [4.69, 9.17) is 0 Å². The molecule has 1 aromatic heterocycles. The molecule has 0 aliphatic carbocycles. The highest BCUT2D eigenvalue weighted by Crippen LogP contribution is 2.07.